The number of hydrogen-bond donors (Lipinski definition) is 1. The molecule has 1 aliphatic rings. The summed E-state index contributed by atoms with van der Waals surface area (Å²) < 4.78 is 11.5. The van der Waals surface area contributed by atoms with Crippen molar-refractivity contribution in [1.29, 1.82) is 0 Å². The summed E-state index contributed by atoms with van der Waals surface area (Å²) in [7, 11) is 1.38. The van der Waals surface area contributed by atoms with E-state index in [-0.39, 0.29) is 11.3 Å². The highest BCUT2D eigenvalue weighted by Crippen LogP contribution is 2.44. The Morgan fingerprint density at radius 2 is 2.03 bits per heavy atom. The van der Waals surface area contributed by atoms with E-state index in [1.54, 1.807) is 18.2 Å². The van der Waals surface area contributed by atoms with Gasteiger partial charge >= 0.3 is 5.97 Å². The highest BCUT2D eigenvalue weighted by molar-refractivity contribution is 9.10. The lowest BCUT2D eigenvalue weighted by Crippen LogP contribution is -2.26. The predicted molar refractivity (Wildman–Crippen MR) is 133 cm³/mol. The Morgan fingerprint density at radius 1 is 1.28 bits per heavy atom. The van der Waals surface area contributed by atoms with Gasteiger partial charge in [-0.05, 0) is 76.7 Å². The first-order chi connectivity index (χ1) is 15.2. The van der Waals surface area contributed by atoms with E-state index >= 15 is 0 Å². The zero-order valence-electron chi connectivity index (χ0n) is 19.5. The SMILES string of the molecule is CCCCOc1ccc(C(=O)Nc2sc3c(c2C(=O)OC)CCC(C(C)(C)C)C3)cc1Br. The number of esters is 1. The Bertz CT molecular complexity index is 993. The third-order valence-corrected chi connectivity index (χ3v) is 7.85. The summed E-state index contributed by atoms with van der Waals surface area (Å²) in [5, 5.41) is 3.54. The Balaban J connectivity index is 1.84. The van der Waals surface area contributed by atoms with E-state index in [9.17, 15) is 9.59 Å². The van der Waals surface area contributed by atoms with Crippen LogP contribution in [0.1, 0.15) is 78.1 Å². The zero-order valence-corrected chi connectivity index (χ0v) is 21.9. The number of thiophene rings is 1. The number of nitrogens with one attached hydrogen (secondary N) is 1. The van der Waals surface area contributed by atoms with Gasteiger partial charge in [-0.3, -0.25) is 4.79 Å². The van der Waals surface area contributed by atoms with Gasteiger partial charge in [-0.1, -0.05) is 34.1 Å². The van der Waals surface area contributed by atoms with Crippen molar-refractivity contribution >= 4 is 44.1 Å². The third-order valence-electron chi connectivity index (χ3n) is 6.06. The number of hydrogen-bond acceptors (Lipinski definition) is 5. The molecular formula is C25H32BrNO4S. The molecule has 1 heterocycles. The molecule has 3 rings (SSSR count). The van der Waals surface area contributed by atoms with Crippen molar-refractivity contribution in [3.05, 3.63) is 44.2 Å². The number of amides is 1. The van der Waals surface area contributed by atoms with Gasteiger partial charge in [-0.2, -0.15) is 0 Å². The summed E-state index contributed by atoms with van der Waals surface area (Å²) in [4.78, 5) is 26.8. The van der Waals surface area contributed by atoms with E-state index in [1.165, 1.54) is 23.3 Å². The first kappa shape index (κ1) is 24.8. The van der Waals surface area contributed by atoms with Gasteiger partial charge < -0.3 is 14.8 Å². The molecule has 0 aliphatic heterocycles. The summed E-state index contributed by atoms with van der Waals surface area (Å²) in [5.74, 6) is 0.596. The third kappa shape index (κ3) is 5.54. The normalized spacial score (nSPS) is 15.8. The fourth-order valence-electron chi connectivity index (χ4n) is 3.99. The number of carbonyl (C=O) groups excluding carboxylic acids is 2. The van der Waals surface area contributed by atoms with Crippen molar-refractivity contribution in [3.63, 3.8) is 0 Å². The molecule has 0 bridgehead atoms. The van der Waals surface area contributed by atoms with Crippen LogP contribution in [0.25, 0.3) is 0 Å². The molecular weight excluding hydrogens is 490 g/mol. The number of ether oxygens (including phenoxy) is 2. The number of anilines is 1. The smallest absolute Gasteiger partial charge is 0.341 e. The Labute approximate surface area is 203 Å². The van der Waals surface area contributed by atoms with Crippen LogP contribution < -0.4 is 10.1 Å². The molecule has 1 aromatic carbocycles. The monoisotopic (exact) mass is 521 g/mol. The highest BCUT2D eigenvalue weighted by Gasteiger charge is 2.34. The predicted octanol–water partition coefficient (Wildman–Crippen LogP) is 6.88. The number of unbranched alkanes of at least 4 members (excludes halogenated alkanes) is 1. The van der Waals surface area contributed by atoms with Crippen LogP contribution >= 0.6 is 27.3 Å². The van der Waals surface area contributed by atoms with Crippen LogP contribution in [0.3, 0.4) is 0 Å². The van der Waals surface area contributed by atoms with Gasteiger partial charge in [0, 0.05) is 10.4 Å². The molecule has 1 atom stereocenters. The maximum atomic E-state index is 13.0. The second-order valence-electron chi connectivity index (χ2n) is 9.31. The number of benzene rings is 1. The van der Waals surface area contributed by atoms with Crippen LogP contribution in [-0.2, 0) is 17.6 Å². The topological polar surface area (TPSA) is 64.6 Å². The number of methoxy groups -OCH3 is 1. The molecule has 1 aliphatic carbocycles. The minimum atomic E-state index is -0.395. The molecule has 0 saturated carbocycles. The van der Waals surface area contributed by atoms with Gasteiger partial charge in [0.05, 0.1) is 23.8 Å². The summed E-state index contributed by atoms with van der Waals surface area (Å²) in [5.41, 5.74) is 2.23. The van der Waals surface area contributed by atoms with E-state index in [2.05, 4.69) is 48.9 Å². The summed E-state index contributed by atoms with van der Waals surface area (Å²) in [6.07, 6.45) is 4.80. The minimum Gasteiger partial charge on any atom is -0.492 e. The lowest BCUT2D eigenvalue weighted by molar-refractivity contribution is 0.0600. The average molecular weight is 523 g/mol. The van der Waals surface area contributed by atoms with E-state index in [1.807, 2.05) is 0 Å². The largest absolute Gasteiger partial charge is 0.492 e. The lowest BCUT2D eigenvalue weighted by Gasteiger charge is -2.33. The molecule has 0 saturated heterocycles. The van der Waals surface area contributed by atoms with E-state index in [4.69, 9.17) is 9.47 Å². The van der Waals surface area contributed by atoms with Crippen molar-refractivity contribution in [2.45, 2.75) is 59.8 Å². The van der Waals surface area contributed by atoms with Crippen LogP contribution in [0.15, 0.2) is 22.7 Å². The van der Waals surface area contributed by atoms with Crippen molar-refractivity contribution in [3.8, 4) is 5.75 Å². The van der Waals surface area contributed by atoms with Crippen molar-refractivity contribution in [2.24, 2.45) is 11.3 Å². The molecule has 0 spiro atoms. The van der Waals surface area contributed by atoms with E-state index in [0.717, 1.165) is 42.1 Å². The van der Waals surface area contributed by atoms with Crippen LogP contribution in [0.2, 0.25) is 0 Å². The van der Waals surface area contributed by atoms with Crippen LogP contribution in [0.5, 0.6) is 5.75 Å². The molecule has 2 aromatic rings. The number of fused-ring (bicyclic) bond motifs is 1. The standard InChI is InChI=1S/C25H32BrNO4S/c1-6-7-12-31-19-11-8-15(13-18(19)26)22(28)27-23-21(24(29)30-5)17-10-9-16(25(2,3)4)14-20(17)32-23/h8,11,13,16H,6-7,9-10,12,14H2,1-5H3,(H,27,28). The summed E-state index contributed by atoms with van der Waals surface area (Å²) in [6, 6.07) is 5.28. The minimum absolute atomic E-state index is 0.198. The number of carbonyl (C=O) groups is 2. The molecule has 32 heavy (non-hydrogen) atoms. The Kier molecular flexibility index (Phi) is 8.04. The second kappa shape index (κ2) is 10.4. The van der Waals surface area contributed by atoms with Crippen LogP contribution in [0.4, 0.5) is 5.00 Å². The van der Waals surface area contributed by atoms with Gasteiger partial charge in [0.15, 0.2) is 0 Å². The first-order valence-corrected chi connectivity index (χ1v) is 12.7. The molecule has 1 amide bonds. The summed E-state index contributed by atoms with van der Waals surface area (Å²) in [6.45, 7) is 9.52. The van der Waals surface area contributed by atoms with Gasteiger partial charge in [-0.25, -0.2) is 4.79 Å². The average Bonchev–Trinajstić information content (AvgIpc) is 3.10. The van der Waals surface area contributed by atoms with Crippen LogP contribution in [-0.4, -0.2) is 25.6 Å². The van der Waals surface area contributed by atoms with Gasteiger partial charge in [-0.15, -0.1) is 11.3 Å². The van der Waals surface area contributed by atoms with Crippen LogP contribution in [0, 0.1) is 11.3 Å². The first-order valence-electron chi connectivity index (χ1n) is 11.1. The molecule has 0 fully saturated rings. The zero-order chi connectivity index (χ0) is 23.5. The molecule has 5 nitrogen and oxygen atoms in total. The number of halogens is 1. The molecule has 1 N–H and O–H groups in total. The molecule has 0 radical (unpaired) electrons. The fraction of sp³-hybridized carbons (Fsp3) is 0.520. The van der Waals surface area contributed by atoms with E-state index < -0.39 is 5.97 Å². The van der Waals surface area contributed by atoms with E-state index in [0.29, 0.717) is 34.4 Å². The number of rotatable bonds is 7. The maximum absolute atomic E-state index is 13.0. The van der Waals surface area contributed by atoms with Crippen molar-refractivity contribution in [2.75, 3.05) is 19.0 Å². The maximum Gasteiger partial charge on any atom is 0.341 e. The van der Waals surface area contributed by atoms with Crippen molar-refractivity contribution in [1.82, 2.24) is 0 Å². The molecule has 1 aromatic heterocycles. The highest BCUT2D eigenvalue weighted by atomic mass is 79.9. The van der Waals surface area contributed by atoms with Gasteiger partial charge in [0.2, 0.25) is 0 Å². The molecule has 1 unspecified atom stereocenters. The quantitative estimate of drug-likeness (QED) is 0.318. The lowest BCUT2D eigenvalue weighted by atomic mass is 9.72. The second-order valence-corrected chi connectivity index (χ2v) is 11.3. The van der Waals surface area contributed by atoms with Gasteiger partial charge in [0.1, 0.15) is 10.8 Å². The molecule has 174 valence electrons. The Morgan fingerprint density at radius 3 is 2.66 bits per heavy atom. The summed E-state index contributed by atoms with van der Waals surface area (Å²) >= 11 is 5.00. The Hall–Kier alpha value is -1.86. The fourth-order valence-corrected chi connectivity index (χ4v) is 5.80. The van der Waals surface area contributed by atoms with Gasteiger partial charge in [0.25, 0.3) is 5.91 Å². The van der Waals surface area contributed by atoms with Crippen molar-refractivity contribution < 1.29 is 19.1 Å². The molecule has 7 heteroatoms.